The maximum Gasteiger partial charge on any atom is 0.143 e. The average Bonchev–Trinajstić information content (AvgIpc) is 2.25. The summed E-state index contributed by atoms with van der Waals surface area (Å²) in [6.45, 7) is 0. The number of hydrogen-bond donors (Lipinski definition) is 0. The van der Waals surface area contributed by atoms with E-state index in [9.17, 15) is 4.79 Å². The van der Waals surface area contributed by atoms with Gasteiger partial charge in [-0.1, -0.05) is 30.3 Å². The van der Waals surface area contributed by atoms with Crippen LogP contribution in [-0.2, 0) is 4.79 Å². The molecule has 0 atom stereocenters. The molecule has 1 aromatic rings. The van der Waals surface area contributed by atoms with Crippen LogP contribution in [0.5, 0.6) is 0 Å². The van der Waals surface area contributed by atoms with Crippen LogP contribution in [0.4, 0.5) is 0 Å². The van der Waals surface area contributed by atoms with E-state index in [-0.39, 0.29) is 0 Å². The van der Waals surface area contributed by atoms with Crippen LogP contribution in [-0.4, -0.2) is 25.3 Å². The van der Waals surface area contributed by atoms with Gasteiger partial charge in [-0.2, -0.15) is 0 Å². The predicted octanol–water partition coefficient (Wildman–Crippen LogP) is 2.34. The number of aldehydes is 1. The Morgan fingerprint density at radius 3 is 2.40 bits per heavy atom. The van der Waals surface area contributed by atoms with E-state index in [2.05, 4.69) is 0 Å². The van der Waals surface area contributed by atoms with Crippen LogP contribution in [0.3, 0.4) is 0 Å². The summed E-state index contributed by atoms with van der Waals surface area (Å²) in [6, 6.07) is 9.83. The smallest absolute Gasteiger partial charge is 0.143 e. The lowest BCUT2D eigenvalue weighted by Crippen LogP contribution is -2.00. The van der Waals surface area contributed by atoms with E-state index < -0.39 is 0 Å². The lowest BCUT2D eigenvalue weighted by atomic mass is 10.1. The number of allylic oxidation sites excluding steroid dienone is 3. The highest BCUT2D eigenvalue weighted by Gasteiger charge is 1.95. The Balaban J connectivity index is 2.95. The maximum absolute atomic E-state index is 10.5. The van der Waals surface area contributed by atoms with Crippen molar-refractivity contribution < 1.29 is 4.79 Å². The monoisotopic (exact) mass is 201 g/mol. The Labute approximate surface area is 90.5 Å². The van der Waals surface area contributed by atoms with Gasteiger partial charge in [-0.25, -0.2) is 0 Å². The molecule has 0 bridgehead atoms. The molecular formula is C13H15NO. The second kappa shape index (κ2) is 5.81. The van der Waals surface area contributed by atoms with Gasteiger partial charge in [-0.3, -0.25) is 4.79 Å². The van der Waals surface area contributed by atoms with Gasteiger partial charge < -0.3 is 4.90 Å². The Bertz CT molecular complexity index is 363. The molecule has 0 N–H and O–H groups in total. The summed E-state index contributed by atoms with van der Waals surface area (Å²) in [5.41, 5.74) is 1.96. The number of rotatable bonds is 4. The number of carbonyl (C=O) groups excluding carboxylic acids is 1. The summed E-state index contributed by atoms with van der Waals surface area (Å²) in [7, 11) is 3.89. The van der Waals surface area contributed by atoms with E-state index >= 15 is 0 Å². The molecule has 0 amide bonds. The summed E-state index contributed by atoms with van der Waals surface area (Å²) in [4.78, 5) is 12.4. The van der Waals surface area contributed by atoms with Gasteiger partial charge in [0.2, 0.25) is 0 Å². The molecule has 0 spiro atoms. The molecule has 1 aromatic carbocycles. The first-order chi connectivity index (χ1) is 7.24. The molecule has 0 saturated carbocycles. The van der Waals surface area contributed by atoms with Crippen molar-refractivity contribution in [2.24, 2.45) is 0 Å². The second-order valence-electron chi connectivity index (χ2n) is 3.40. The van der Waals surface area contributed by atoms with Gasteiger partial charge in [-0.05, 0) is 29.5 Å². The van der Waals surface area contributed by atoms with Gasteiger partial charge in [0.05, 0.1) is 0 Å². The number of benzene rings is 1. The number of hydrogen-bond acceptors (Lipinski definition) is 2. The fourth-order valence-corrected chi connectivity index (χ4v) is 1.18. The topological polar surface area (TPSA) is 20.3 Å². The molecule has 0 unspecified atom stereocenters. The third kappa shape index (κ3) is 3.81. The zero-order chi connectivity index (χ0) is 11.1. The van der Waals surface area contributed by atoms with Gasteiger partial charge in [-0.15, -0.1) is 0 Å². The fourth-order valence-electron chi connectivity index (χ4n) is 1.18. The maximum atomic E-state index is 10.5. The largest absolute Gasteiger partial charge is 0.383 e. The highest BCUT2D eigenvalue weighted by atomic mass is 16.1. The normalized spacial score (nSPS) is 11.7. The Kier molecular flexibility index (Phi) is 4.35. The minimum atomic E-state index is 0.808. The van der Waals surface area contributed by atoms with E-state index in [1.165, 1.54) is 0 Å². The van der Waals surface area contributed by atoms with Crippen molar-refractivity contribution in [1.29, 1.82) is 0 Å². The molecule has 0 fully saturated rings. The number of carbonyl (C=O) groups is 1. The van der Waals surface area contributed by atoms with Crippen LogP contribution in [0.25, 0.3) is 5.57 Å². The summed E-state index contributed by atoms with van der Waals surface area (Å²) in [6.07, 6.45) is 6.21. The lowest BCUT2D eigenvalue weighted by Gasteiger charge is -2.05. The van der Waals surface area contributed by atoms with Crippen molar-refractivity contribution in [3.05, 3.63) is 54.2 Å². The summed E-state index contributed by atoms with van der Waals surface area (Å²) in [5, 5.41) is 0. The summed E-state index contributed by atoms with van der Waals surface area (Å²) >= 11 is 0. The Morgan fingerprint density at radius 1 is 1.20 bits per heavy atom. The SMILES string of the molecule is CN(C)C=C/C(=C\C=O)c1ccccc1. The first-order valence-electron chi connectivity index (χ1n) is 4.79. The van der Waals surface area contributed by atoms with Crippen molar-refractivity contribution in [2.45, 2.75) is 0 Å². The lowest BCUT2D eigenvalue weighted by molar-refractivity contribution is -0.104. The van der Waals surface area contributed by atoms with Crippen LogP contribution >= 0.6 is 0 Å². The fraction of sp³-hybridized carbons (Fsp3) is 0.154. The average molecular weight is 201 g/mol. The molecular weight excluding hydrogens is 186 g/mol. The molecule has 2 heteroatoms. The zero-order valence-electron chi connectivity index (χ0n) is 9.05. The third-order valence-corrected chi connectivity index (χ3v) is 1.91. The van der Waals surface area contributed by atoms with E-state index in [1.54, 1.807) is 6.08 Å². The van der Waals surface area contributed by atoms with Gasteiger partial charge >= 0.3 is 0 Å². The summed E-state index contributed by atoms with van der Waals surface area (Å²) in [5.74, 6) is 0. The molecule has 0 heterocycles. The van der Waals surface area contributed by atoms with Gasteiger partial charge in [0.15, 0.2) is 0 Å². The van der Waals surface area contributed by atoms with Crippen molar-refractivity contribution in [2.75, 3.05) is 14.1 Å². The zero-order valence-corrected chi connectivity index (χ0v) is 9.05. The first kappa shape index (κ1) is 11.2. The van der Waals surface area contributed by atoms with Gasteiger partial charge in [0.1, 0.15) is 6.29 Å². The predicted molar refractivity (Wildman–Crippen MR) is 63.3 cm³/mol. The van der Waals surface area contributed by atoms with E-state index in [0.717, 1.165) is 17.4 Å². The van der Waals surface area contributed by atoms with E-state index in [1.807, 2.05) is 61.6 Å². The van der Waals surface area contributed by atoms with Crippen molar-refractivity contribution >= 4 is 11.9 Å². The Hall–Kier alpha value is -1.83. The molecule has 0 saturated heterocycles. The van der Waals surface area contributed by atoms with E-state index in [0.29, 0.717) is 0 Å². The molecule has 15 heavy (non-hydrogen) atoms. The molecule has 78 valence electrons. The van der Waals surface area contributed by atoms with Crippen molar-refractivity contribution in [1.82, 2.24) is 4.90 Å². The third-order valence-electron chi connectivity index (χ3n) is 1.91. The highest BCUT2D eigenvalue weighted by Crippen LogP contribution is 2.14. The molecule has 0 aliphatic carbocycles. The van der Waals surface area contributed by atoms with Crippen LogP contribution < -0.4 is 0 Å². The molecule has 0 radical (unpaired) electrons. The first-order valence-corrected chi connectivity index (χ1v) is 4.79. The molecule has 0 aromatic heterocycles. The summed E-state index contributed by atoms with van der Waals surface area (Å²) < 4.78 is 0. The molecule has 2 nitrogen and oxygen atoms in total. The Morgan fingerprint density at radius 2 is 1.87 bits per heavy atom. The molecule has 0 aliphatic heterocycles. The standard InChI is InChI=1S/C13H15NO/c1-14(2)10-8-13(9-11-15)12-6-4-3-5-7-12/h3-11H,1-2H3/b10-8?,13-9+. The van der Waals surface area contributed by atoms with Crippen LogP contribution in [0.1, 0.15) is 5.56 Å². The second-order valence-corrected chi connectivity index (χ2v) is 3.40. The van der Waals surface area contributed by atoms with Crippen molar-refractivity contribution in [3.8, 4) is 0 Å². The van der Waals surface area contributed by atoms with Gasteiger partial charge in [0.25, 0.3) is 0 Å². The van der Waals surface area contributed by atoms with Crippen LogP contribution in [0.2, 0.25) is 0 Å². The minimum absolute atomic E-state index is 0.808. The van der Waals surface area contributed by atoms with Crippen molar-refractivity contribution in [3.63, 3.8) is 0 Å². The van der Waals surface area contributed by atoms with Gasteiger partial charge in [0, 0.05) is 14.1 Å². The molecule has 0 aliphatic rings. The van der Waals surface area contributed by atoms with Crippen LogP contribution in [0, 0.1) is 0 Å². The number of nitrogens with zero attached hydrogens (tertiary/aromatic N) is 1. The molecule has 1 rings (SSSR count). The quantitative estimate of drug-likeness (QED) is 0.423. The van der Waals surface area contributed by atoms with E-state index in [4.69, 9.17) is 0 Å². The highest BCUT2D eigenvalue weighted by molar-refractivity contribution is 5.86. The van der Waals surface area contributed by atoms with Crippen LogP contribution in [0.15, 0.2) is 48.7 Å². The minimum Gasteiger partial charge on any atom is -0.383 e.